The molecule has 0 amide bonds. The summed E-state index contributed by atoms with van der Waals surface area (Å²) >= 11 is 0. The lowest BCUT2D eigenvalue weighted by Gasteiger charge is -2.21. The van der Waals surface area contributed by atoms with Gasteiger partial charge in [-0.05, 0) is 65.4 Å². The highest BCUT2D eigenvalue weighted by molar-refractivity contribution is 7.85. The van der Waals surface area contributed by atoms with E-state index in [1.807, 2.05) is 60.7 Å². The molecule has 0 fully saturated rings. The fourth-order valence-corrected chi connectivity index (χ4v) is 11.1. The molecule has 0 aliphatic heterocycles. The van der Waals surface area contributed by atoms with E-state index in [2.05, 4.69) is 130 Å². The van der Waals surface area contributed by atoms with E-state index in [1.165, 1.54) is 21.8 Å². The minimum atomic E-state index is -3.23. The number of pyridine rings is 1. The normalized spacial score (nSPS) is 12.3. The molecule has 0 atom stereocenters. The van der Waals surface area contributed by atoms with E-state index in [4.69, 9.17) is 4.98 Å². The van der Waals surface area contributed by atoms with Crippen LogP contribution in [0.25, 0.3) is 76.6 Å². The van der Waals surface area contributed by atoms with Crippen molar-refractivity contribution in [3.8, 4) is 5.69 Å². The predicted molar refractivity (Wildman–Crippen MR) is 219 cm³/mol. The lowest BCUT2D eigenvalue weighted by atomic mass is 9.99. The van der Waals surface area contributed by atoms with E-state index < -0.39 is 7.14 Å². The molecule has 11 aromatic rings. The Bertz CT molecular complexity index is 3170. The van der Waals surface area contributed by atoms with Gasteiger partial charge in [0.25, 0.3) is 0 Å². The molecule has 0 N–H and O–H groups in total. The van der Waals surface area contributed by atoms with Crippen LogP contribution in [0.3, 0.4) is 0 Å². The first-order valence-electron chi connectivity index (χ1n) is 17.6. The number of imidazole rings is 1. The van der Waals surface area contributed by atoms with Gasteiger partial charge in [0.2, 0.25) is 0 Å². The Morgan fingerprint density at radius 2 is 1.04 bits per heavy atom. The summed E-state index contributed by atoms with van der Waals surface area (Å²) < 4.78 is 20.3. The maximum atomic E-state index is 15.7. The lowest BCUT2D eigenvalue weighted by molar-refractivity contribution is 0.592. The van der Waals surface area contributed by atoms with Gasteiger partial charge >= 0.3 is 0 Å². The van der Waals surface area contributed by atoms with E-state index >= 15 is 4.57 Å². The third-order valence-corrected chi connectivity index (χ3v) is 13.8. The van der Waals surface area contributed by atoms with E-state index in [0.717, 1.165) is 70.7 Å². The second-order valence-electron chi connectivity index (χ2n) is 13.5. The van der Waals surface area contributed by atoms with Crippen molar-refractivity contribution >= 4 is 94.0 Å². The van der Waals surface area contributed by atoms with E-state index in [-0.39, 0.29) is 0 Å². The average Bonchev–Trinajstić information content (AvgIpc) is 3.77. The van der Waals surface area contributed by atoms with Gasteiger partial charge in [-0.2, -0.15) is 0 Å². The zero-order valence-electron chi connectivity index (χ0n) is 28.0. The summed E-state index contributed by atoms with van der Waals surface area (Å²) in [4.78, 5) is 5.31. The summed E-state index contributed by atoms with van der Waals surface area (Å²) in [6, 6.07) is 63.0. The molecule has 11 rings (SSSR count). The van der Waals surface area contributed by atoms with Gasteiger partial charge in [0.15, 0.2) is 7.14 Å². The van der Waals surface area contributed by atoms with Crippen LogP contribution in [-0.4, -0.2) is 14.0 Å². The fraction of sp³-hybridized carbons (Fsp3) is 0. The van der Waals surface area contributed by atoms with Gasteiger partial charge in [-0.1, -0.05) is 127 Å². The molecule has 0 radical (unpaired) electrons. The maximum absolute atomic E-state index is 15.7. The molecule has 52 heavy (non-hydrogen) atoms. The summed E-state index contributed by atoms with van der Waals surface area (Å²) in [6.45, 7) is 0. The van der Waals surface area contributed by atoms with Gasteiger partial charge < -0.3 is 9.13 Å². The number of fused-ring (bicyclic) bond motifs is 13. The third-order valence-electron chi connectivity index (χ3n) is 10.7. The molecule has 0 aliphatic rings. The number of hydrogen-bond acceptors (Lipinski definition) is 2. The summed E-state index contributed by atoms with van der Waals surface area (Å²) in [6.07, 6.45) is 0. The van der Waals surface area contributed by atoms with Crippen molar-refractivity contribution in [2.24, 2.45) is 0 Å². The number of rotatable bonds is 4. The topological polar surface area (TPSA) is 39.3 Å². The van der Waals surface area contributed by atoms with E-state index in [9.17, 15) is 0 Å². The van der Waals surface area contributed by atoms with Crippen LogP contribution in [-0.2, 0) is 4.57 Å². The van der Waals surface area contributed by atoms with Crippen molar-refractivity contribution in [2.45, 2.75) is 0 Å². The number of benzene rings is 8. The predicted octanol–water partition coefficient (Wildman–Crippen LogP) is 10.7. The van der Waals surface area contributed by atoms with Crippen LogP contribution in [0, 0.1) is 0 Å². The molecule has 4 nitrogen and oxygen atoms in total. The van der Waals surface area contributed by atoms with Crippen LogP contribution in [0.2, 0.25) is 0 Å². The van der Waals surface area contributed by atoms with Gasteiger partial charge in [0.1, 0.15) is 5.65 Å². The molecular weight excluding hydrogens is 654 g/mol. The molecule has 5 heteroatoms. The monoisotopic (exact) mass is 683 g/mol. The molecule has 0 spiro atoms. The quantitative estimate of drug-likeness (QED) is 0.137. The summed E-state index contributed by atoms with van der Waals surface area (Å²) in [7, 11) is -3.23. The Morgan fingerprint density at radius 1 is 0.423 bits per heavy atom. The van der Waals surface area contributed by atoms with Crippen LogP contribution < -0.4 is 15.9 Å². The fourth-order valence-electron chi connectivity index (χ4n) is 8.41. The second-order valence-corrected chi connectivity index (χ2v) is 16.3. The SMILES string of the molecule is O=P(c1ccccc1)(c1ccccc1)c1ccc2c(c1)c1c3ccccc3ccc1c1nc3ccc(-n4c5ccccc5c5ccccc54)cc3n21. The standard InChI is InChI=1S/C47H30N3OP/c51-52(33-14-3-1-4-15-33,34-16-5-2-6-17-34)35-25-28-44-40(30-35)46-36-18-8-7-13-31(36)23-26-39(46)47-48-41-27-24-32(29-45(41)50(44)47)49-42-21-11-9-19-37(42)38-20-10-12-22-43(38)49/h1-30H. The van der Waals surface area contributed by atoms with Crippen molar-refractivity contribution in [3.05, 3.63) is 182 Å². The molecule has 8 aromatic carbocycles. The summed E-state index contributed by atoms with van der Waals surface area (Å²) in [5, 5.41) is 10.4. The van der Waals surface area contributed by atoms with Crippen molar-refractivity contribution in [2.75, 3.05) is 0 Å². The van der Waals surface area contributed by atoms with Crippen molar-refractivity contribution in [3.63, 3.8) is 0 Å². The molecule has 0 aliphatic carbocycles. The smallest absolute Gasteiger partial charge is 0.171 e. The Kier molecular flexibility index (Phi) is 6.20. The van der Waals surface area contributed by atoms with Crippen LogP contribution in [0.5, 0.6) is 0 Å². The highest BCUT2D eigenvalue weighted by Crippen LogP contribution is 2.45. The van der Waals surface area contributed by atoms with Gasteiger partial charge in [-0.15, -0.1) is 0 Å². The molecule has 0 unspecified atom stereocenters. The highest BCUT2D eigenvalue weighted by Gasteiger charge is 2.30. The molecule has 0 saturated carbocycles. The third kappa shape index (κ3) is 4.04. The Hall–Kier alpha value is -6.48. The first kappa shape index (κ1) is 29.3. The summed E-state index contributed by atoms with van der Waals surface area (Å²) in [5.74, 6) is 0. The number of aromatic nitrogens is 3. The summed E-state index contributed by atoms with van der Waals surface area (Å²) in [5.41, 5.74) is 7.29. The Morgan fingerprint density at radius 3 is 1.73 bits per heavy atom. The minimum absolute atomic E-state index is 0.807. The minimum Gasteiger partial charge on any atom is -0.309 e. The van der Waals surface area contributed by atoms with Crippen LogP contribution in [0.1, 0.15) is 0 Å². The molecule has 3 heterocycles. The van der Waals surface area contributed by atoms with Gasteiger partial charge in [-0.3, -0.25) is 4.40 Å². The number of nitrogens with zero attached hydrogens (tertiary/aromatic N) is 3. The van der Waals surface area contributed by atoms with Crippen molar-refractivity contribution in [1.29, 1.82) is 0 Å². The van der Waals surface area contributed by atoms with E-state index in [0.29, 0.717) is 0 Å². The zero-order valence-corrected chi connectivity index (χ0v) is 28.9. The van der Waals surface area contributed by atoms with Crippen molar-refractivity contribution < 1.29 is 4.57 Å². The molecule has 0 bridgehead atoms. The van der Waals surface area contributed by atoms with Gasteiger partial charge in [-0.25, -0.2) is 4.98 Å². The largest absolute Gasteiger partial charge is 0.309 e. The zero-order chi connectivity index (χ0) is 34.4. The first-order chi connectivity index (χ1) is 25.7. The molecule has 3 aromatic heterocycles. The molecule has 244 valence electrons. The van der Waals surface area contributed by atoms with Gasteiger partial charge in [0.05, 0.1) is 27.6 Å². The molecular formula is C47H30N3OP. The van der Waals surface area contributed by atoms with Gasteiger partial charge in [0, 0.05) is 48.5 Å². The Balaban J connectivity index is 1.27. The van der Waals surface area contributed by atoms with Crippen LogP contribution >= 0.6 is 7.14 Å². The second kappa shape index (κ2) is 11.0. The maximum Gasteiger partial charge on any atom is 0.171 e. The lowest BCUT2D eigenvalue weighted by Crippen LogP contribution is -2.25. The highest BCUT2D eigenvalue weighted by atomic mass is 31.2. The number of hydrogen-bond donors (Lipinski definition) is 0. The first-order valence-corrected chi connectivity index (χ1v) is 19.3. The number of para-hydroxylation sites is 2. The van der Waals surface area contributed by atoms with Crippen molar-refractivity contribution in [1.82, 2.24) is 14.0 Å². The van der Waals surface area contributed by atoms with Crippen LogP contribution in [0.15, 0.2) is 182 Å². The van der Waals surface area contributed by atoms with Crippen LogP contribution in [0.4, 0.5) is 0 Å². The average molecular weight is 684 g/mol. The van der Waals surface area contributed by atoms with E-state index in [1.54, 1.807) is 0 Å². The molecule has 0 saturated heterocycles. The Labute approximate surface area is 299 Å².